The fourth-order valence-corrected chi connectivity index (χ4v) is 2.71. The summed E-state index contributed by atoms with van der Waals surface area (Å²) in [6, 6.07) is 15.5. The molecule has 1 N–H and O–H groups in total. The Kier molecular flexibility index (Phi) is 5.98. The van der Waals surface area contributed by atoms with Crippen LogP contribution >= 0.6 is 11.6 Å². The number of aromatic nitrogens is 2. The number of amides is 1. The number of benzene rings is 2. The van der Waals surface area contributed by atoms with Crippen LogP contribution in [0.5, 0.6) is 0 Å². The maximum Gasteiger partial charge on any atom is 0.272 e. The summed E-state index contributed by atoms with van der Waals surface area (Å²) in [5.74, 6) is -0.463. The number of nitrogens with one attached hydrogen (secondary N) is 1. The zero-order valence-electron chi connectivity index (χ0n) is 14.7. The molecule has 0 radical (unpaired) electrons. The average Bonchev–Trinajstić information content (AvgIpc) is 2.69. The number of nitrogens with zero attached hydrogens (tertiary/aromatic N) is 3. The second-order valence-corrected chi connectivity index (χ2v) is 6.23. The van der Waals surface area contributed by atoms with E-state index in [1.807, 2.05) is 37.3 Å². The average molecular weight is 385 g/mol. The molecule has 7 heteroatoms. The third-order valence-electron chi connectivity index (χ3n) is 3.94. The summed E-state index contributed by atoms with van der Waals surface area (Å²) in [5.41, 5.74) is 1.85. The number of hydrogen-bond acceptors (Lipinski definition) is 4. The number of carbonyl (C=O) groups excluding carboxylic acids is 1. The fourth-order valence-electron chi connectivity index (χ4n) is 2.53. The van der Waals surface area contributed by atoms with Gasteiger partial charge in [-0.05, 0) is 36.8 Å². The second-order valence-electron chi connectivity index (χ2n) is 5.82. The molecule has 0 aliphatic heterocycles. The largest absolute Gasteiger partial charge is 0.333 e. The minimum atomic E-state index is -0.508. The molecule has 5 nitrogen and oxygen atoms in total. The minimum Gasteiger partial charge on any atom is -0.333 e. The van der Waals surface area contributed by atoms with Crippen molar-refractivity contribution in [2.45, 2.75) is 13.5 Å². The highest BCUT2D eigenvalue weighted by atomic mass is 35.5. The van der Waals surface area contributed by atoms with Crippen LogP contribution in [0, 0.1) is 5.82 Å². The van der Waals surface area contributed by atoms with Crippen molar-refractivity contribution < 1.29 is 9.18 Å². The molecule has 1 heterocycles. The summed E-state index contributed by atoms with van der Waals surface area (Å²) in [4.78, 5) is 22.9. The Balaban J connectivity index is 1.76. The van der Waals surface area contributed by atoms with Crippen LogP contribution in [-0.4, -0.2) is 27.3 Å². The number of hydrogen-bond donors (Lipinski definition) is 1. The van der Waals surface area contributed by atoms with Crippen molar-refractivity contribution in [2.24, 2.45) is 0 Å². The molecule has 27 heavy (non-hydrogen) atoms. The van der Waals surface area contributed by atoms with Crippen LogP contribution in [0.4, 0.5) is 16.0 Å². The van der Waals surface area contributed by atoms with Gasteiger partial charge in [0.1, 0.15) is 11.5 Å². The maximum absolute atomic E-state index is 13.3. The number of carbonyl (C=O) groups is 1. The summed E-state index contributed by atoms with van der Waals surface area (Å²) in [6.45, 7) is 2.96. The van der Waals surface area contributed by atoms with E-state index >= 15 is 0 Å². The lowest BCUT2D eigenvalue weighted by Gasteiger charge is -2.20. The predicted molar refractivity (Wildman–Crippen MR) is 104 cm³/mol. The Morgan fingerprint density at radius 2 is 1.96 bits per heavy atom. The number of anilines is 2. The highest BCUT2D eigenvalue weighted by Crippen LogP contribution is 2.21. The van der Waals surface area contributed by atoms with Crippen LogP contribution < -0.4 is 5.32 Å². The van der Waals surface area contributed by atoms with Gasteiger partial charge in [0, 0.05) is 25.0 Å². The number of rotatable bonds is 6. The molecule has 138 valence electrons. The van der Waals surface area contributed by atoms with E-state index in [9.17, 15) is 9.18 Å². The van der Waals surface area contributed by atoms with Gasteiger partial charge in [0.2, 0.25) is 5.95 Å². The molecule has 1 amide bonds. The van der Waals surface area contributed by atoms with Crippen molar-refractivity contribution in [1.82, 2.24) is 14.9 Å². The molecular formula is C20H18ClFN4O. The lowest BCUT2D eigenvalue weighted by atomic mass is 10.2. The molecule has 3 aromatic rings. The molecular weight excluding hydrogens is 367 g/mol. The van der Waals surface area contributed by atoms with Crippen LogP contribution in [0.15, 0.2) is 60.8 Å². The summed E-state index contributed by atoms with van der Waals surface area (Å²) in [6.07, 6.45) is 1.50. The molecule has 0 spiro atoms. The lowest BCUT2D eigenvalue weighted by Crippen LogP contribution is -2.31. The molecule has 0 bridgehead atoms. The van der Waals surface area contributed by atoms with Crippen molar-refractivity contribution in [1.29, 1.82) is 0 Å². The Bertz CT molecular complexity index is 936. The van der Waals surface area contributed by atoms with Crippen LogP contribution in [-0.2, 0) is 6.54 Å². The van der Waals surface area contributed by atoms with Crippen LogP contribution in [0.3, 0.4) is 0 Å². The van der Waals surface area contributed by atoms with E-state index in [-0.39, 0.29) is 22.6 Å². The maximum atomic E-state index is 13.3. The quantitative estimate of drug-likeness (QED) is 0.670. The van der Waals surface area contributed by atoms with E-state index in [0.717, 1.165) is 5.56 Å². The molecule has 0 fully saturated rings. The zero-order valence-corrected chi connectivity index (χ0v) is 15.4. The summed E-state index contributed by atoms with van der Waals surface area (Å²) in [5, 5.41) is 2.92. The first-order chi connectivity index (χ1) is 13.1. The highest BCUT2D eigenvalue weighted by molar-refractivity contribution is 6.31. The minimum absolute atomic E-state index is 0.00718. The number of halogens is 2. The second kappa shape index (κ2) is 8.60. The molecule has 0 atom stereocenters. The van der Waals surface area contributed by atoms with E-state index in [1.54, 1.807) is 11.0 Å². The molecule has 3 rings (SSSR count). The molecule has 2 aromatic carbocycles. The first-order valence-electron chi connectivity index (χ1n) is 8.45. The van der Waals surface area contributed by atoms with E-state index < -0.39 is 5.82 Å². The SMILES string of the molecule is CCN(Cc1ccccc1)C(=O)c1ccnc(Nc2ccc(F)c(Cl)c2)n1. The normalized spacial score (nSPS) is 10.5. The third-order valence-corrected chi connectivity index (χ3v) is 4.23. The predicted octanol–water partition coefficient (Wildman–Crippen LogP) is 4.68. The topological polar surface area (TPSA) is 58.1 Å². The van der Waals surface area contributed by atoms with Crippen molar-refractivity contribution in [2.75, 3.05) is 11.9 Å². The van der Waals surface area contributed by atoms with Gasteiger partial charge in [-0.3, -0.25) is 4.79 Å². The summed E-state index contributed by atoms with van der Waals surface area (Å²) < 4.78 is 13.3. The van der Waals surface area contributed by atoms with Gasteiger partial charge in [-0.15, -0.1) is 0 Å². The summed E-state index contributed by atoms with van der Waals surface area (Å²) >= 11 is 5.78. The van der Waals surface area contributed by atoms with Gasteiger partial charge in [0.25, 0.3) is 5.91 Å². The Labute approximate surface area is 161 Å². The smallest absolute Gasteiger partial charge is 0.272 e. The van der Waals surface area contributed by atoms with Crippen molar-refractivity contribution in [3.05, 3.63) is 82.9 Å². The van der Waals surface area contributed by atoms with Crippen molar-refractivity contribution in [3.63, 3.8) is 0 Å². The lowest BCUT2D eigenvalue weighted by molar-refractivity contribution is 0.0746. The molecule has 0 unspecified atom stereocenters. The van der Waals surface area contributed by atoms with Crippen LogP contribution in [0.2, 0.25) is 5.02 Å². The van der Waals surface area contributed by atoms with Gasteiger partial charge in [-0.1, -0.05) is 41.9 Å². The van der Waals surface area contributed by atoms with Gasteiger partial charge in [0.05, 0.1) is 5.02 Å². The van der Waals surface area contributed by atoms with Gasteiger partial charge >= 0.3 is 0 Å². The van der Waals surface area contributed by atoms with Gasteiger partial charge in [0.15, 0.2) is 0 Å². The van der Waals surface area contributed by atoms with Crippen molar-refractivity contribution in [3.8, 4) is 0 Å². The first-order valence-corrected chi connectivity index (χ1v) is 8.83. The van der Waals surface area contributed by atoms with Gasteiger partial charge in [-0.2, -0.15) is 0 Å². The van der Waals surface area contributed by atoms with E-state index in [4.69, 9.17) is 11.6 Å². The van der Waals surface area contributed by atoms with Crippen molar-refractivity contribution >= 4 is 29.1 Å². The van der Waals surface area contributed by atoms with Gasteiger partial charge < -0.3 is 10.2 Å². The van der Waals surface area contributed by atoms with E-state index in [1.165, 1.54) is 24.4 Å². The highest BCUT2D eigenvalue weighted by Gasteiger charge is 2.17. The van der Waals surface area contributed by atoms with Gasteiger partial charge in [-0.25, -0.2) is 14.4 Å². The molecule has 0 aliphatic carbocycles. The standard InChI is InChI=1S/C20H18ClFN4O/c1-2-26(13-14-6-4-3-5-7-14)19(27)18-10-11-23-20(25-18)24-15-8-9-17(22)16(21)12-15/h3-12H,2,13H2,1H3,(H,23,24,25). The summed E-state index contributed by atoms with van der Waals surface area (Å²) in [7, 11) is 0. The monoisotopic (exact) mass is 384 g/mol. The fraction of sp³-hybridized carbons (Fsp3) is 0.150. The molecule has 0 saturated carbocycles. The third kappa shape index (κ3) is 4.80. The molecule has 0 aliphatic rings. The van der Waals surface area contributed by atoms with E-state index in [2.05, 4.69) is 15.3 Å². The first kappa shape index (κ1) is 18.8. The zero-order chi connectivity index (χ0) is 19.2. The Hall–Kier alpha value is -2.99. The molecule has 0 saturated heterocycles. The van der Waals surface area contributed by atoms with E-state index in [0.29, 0.717) is 18.8 Å². The van der Waals surface area contributed by atoms with Crippen LogP contribution in [0.1, 0.15) is 23.0 Å². The Morgan fingerprint density at radius 3 is 2.67 bits per heavy atom. The Morgan fingerprint density at radius 1 is 1.19 bits per heavy atom. The molecule has 1 aromatic heterocycles. The van der Waals surface area contributed by atoms with Crippen LogP contribution in [0.25, 0.3) is 0 Å².